The van der Waals surface area contributed by atoms with Crippen molar-refractivity contribution < 1.29 is 14.3 Å². The Hall–Kier alpha value is -1.35. The van der Waals surface area contributed by atoms with E-state index in [9.17, 15) is 4.79 Å². The monoisotopic (exact) mass is 192 g/mol. The minimum atomic E-state index is 0.265. The molecule has 1 aliphatic rings. The van der Waals surface area contributed by atoms with Crippen LogP contribution >= 0.6 is 0 Å². The molecule has 0 aromatic heterocycles. The van der Waals surface area contributed by atoms with E-state index in [1.165, 1.54) is 0 Å². The number of epoxide rings is 1. The summed E-state index contributed by atoms with van der Waals surface area (Å²) in [5, 5.41) is 0. The third-order valence-electron chi connectivity index (χ3n) is 2.21. The maximum absolute atomic E-state index is 10.6. The van der Waals surface area contributed by atoms with E-state index in [-0.39, 0.29) is 6.10 Å². The lowest BCUT2D eigenvalue weighted by atomic mass is 10.1. The lowest BCUT2D eigenvalue weighted by molar-refractivity contribution is 0.112. The summed E-state index contributed by atoms with van der Waals surface area (Å²) in [6.07, 6.45) is 1.12. The van der Waals surface area contributed by atoms with Gasteiger partial charge in [-0.05, 0) is 30.7 Å². The fraction of sp³-hybridized carbons (Fsp3) is 0.364. The van der Waals surface area contributed by atoms with E-state index >= 15 is 0 Å². The molecule has 0 aliphatic carbocycles. The molecule has 0 spiro atoms. The van der Waals surface area contributed by atoms with Crippen LogP contribution < -0.4 is 4.74 Å². The average Bonchev–Trinajstić information content (AvgIpc) is 2.98. The van der Waals surface area contributed by atoms with Gasteiger partial charge in [0.25, 0.3) is 0 Å². The van der Waals surface area contributed by atoms with Gasteiger partial charge < -0.3 is 9.47 Å². The summed E-state index contributed by atoms with van der Waals surface area (Å²) in [4.78, 5) is 10.6. The molecule has 1 aromatic carbocycles. The maximum Gasteiger partial charge on any atom is 0.150 e. The van der Waals surface area contributed by atoms with Crippen molar-refractivity contribution in [2.24, 2.45) is 0 Å². The van der Waals surface area contributed by atoms with E-state index in [1.54, 1.807) is 12.1 Å². The van der Waals surface area contributed by atoms with Gasteiger partial charge in [0, 0.05) is 5.56 Å². The number of aldehydes is 1. The Balaban J connectivity index is 2.02. The topological polar surface area (TPSA) is 38.8 Å². The Morgan fingerprint density at radius 2 is 2.43 bits per heavy atom. The van der Waals surface area contributed by atoms with E-state index in [4.69, 9.17) is 9.47 Å². The molecule has 0 amide bonds. The zero-order valence-electron chi connectivity index (χ0n) is 8.03. The molecule has 74 valence electrons. The Kier molecular flexibility index (Phi) is 2.50. The van der Waals surface area contributed by atoms with E-state index in [0.29, 0.717) is 12.2 Å². The van der Waals surface area contributed by atoms with Gasteiger partial charge in [0.15, 0.2) is 0 Å². The van der Waals surface area contributed by atoms with Crippen LogP contribution in [0.25, 0.3) is 0 Å². The van der Waals surface area contributed by atoms with Gasteiger partial charge in [0.1, 0.15) is 24.7 Å². The number of rotatable bonds is 4. The van der Waals surface area contributed by atoms with Gasteiger partial charge in [-0.15, -0.1) is 0 Å². The van der Waals surface area contributed by atoms with Crippen molar-refractivity contribution in [1.82, 2.24) is 0 Å². The second kappa shape index (κ2) is 3.80. The molecule has 1 heterocycles. The first-order valence-electron chi connectivity index (χ1n) is 4.60. The van der Waals surface area contributed by atoms with Crippen molar-refractivity contribution >= 4 is 6.29 Å². The van der Waals surface area contributed by atoms with Crippen molar-refractivity contribution in [3.05, 3.63) is 29.3 Å². The zero-order valence-corrected chi connectivity index (χ0v) is 8.03. The number of carbonyl (C=O) groups excluding carboxylic acids is 1. The highest BCUT2D eigenvalue weighted by atomic mass is 16.6. The molecule has 3 heteroatoms. The molecular formula is C11H12O3. The summed E-state index contributed by atoms with van der Waals surface area (Å²) >= 11 is 0. The van der Waals surface area contributed by atoms with Crippen molar-refractivity contribution in [1.29, 1.82) is 0 Å². The van der Waals surface area contributed by atoms with Crippen LogP contribution in [0, 0.1) is 6.92 Å². The summed E-state index contributed by atoms with van der Waals surface area (Å²) < 4.78 is 10.5. The van der Waals surface area contributed by atoms with Gasteiger partial charge >= 0.3 is 0 Å². The number of benzene rings is 1. The number of aryl methyl sites for hydroxylation is 1. The Morgan fingerprint density at radius 3 is 3.00 bits per heavy atom. The number of hydrogen-bond acceptors (Lipinski definition) is 3. The Morgan fingerprint density at radius 1 is 1.64 bits per heavy atom. The first kappa shape index (κ1) is 9.21. The molecule has 14 heavy (non-hydrogen) atoms. The summed E-state index contributed by atoms with van der Waals surface area (Å²) in [6.45, 7) is 3.29. The van der Waals surface area contributed by atoms with Crippen LogP contribution in [0.4, 0.5) is 0 Å². The minimum absolute atomic E-state index is 0.265. The Bertz CT molecular complexity index is 342. The van der Waals surface area contributed by atoms with Crippen LogP contribution in [0.2, 0.25) is 0 Å². The molecule has 0 bridgehead atoms. The minimum Gasteiger partial charge on any atom is -0.491 e. The molecule has 1 fully saturated rings. The predicted octanol–water partition coefficient (Wildman–Crippen LogP) is 1.59. The van der Waals surface area contributed by atoms with E-state index in [2.05, 4.69) is 0 Å². The van der Waals surface area contributed by atoms with Crippen LogP contribution in [0.3, 0.4) is 0 Å². The molecule has 0 N–H and O–H groups in total. The molecule has 1 atom stereocenters. The molecule has 1 aliphatic heterocycles. The molecule has 1 saturated heterocycles. The third kappa shape index (κ3) is 2.12. The van der Waals surface area contributed by atoms with Crippen LogP contribution in [-0.2, 0) is 4.74 Å². The maximum atomic E-state index is 10.6. The largest absolute Gasteiger partial charge is 0.491 e. The molecular weight excluding hydrogens is 180 g/mol. The van der Waals surface area contributed by atoms with Gasteiger partial charge in [-0.1, -0.05) is 0 Å². The molecule has 3 nitrogen and oxygen atoms in total. The van der Waals surface area contributed by atoms with Crippen molar-refractivity contribution in [3.63, 3.8) is 0 Å². The first-order chi connectivity index (χ1) is 6.79. The molecule has 1 unspecified atom stereocenters. The highest BCUT2D eigenvalue weighted by Gasteiger charge is 2.22. The molecule has 1 aromatic rings. The van der Waals surface area contributed by atoms with Crippen molar-refractivity contribution in [3.8, 4) is 5.75 Å². The predicted molar refractivity (Wildman–Crippen MR) is 51.8 cm³/mol. The quantitative estimate of drug-likeness (QED) is 0.537. The van der Waals surface area contributed by atoms with Gasteiger partial charge in [0.2, 0.25) is 0 Å². The summed E-state index contributed by atoms with van der Waals surface area (Å²) in [5.74, 6) is 0.795. The SMILES string of the molecule is Cc1cc(OCC2CO2)ccc1C=O. The third-order valence-corrected chi connectivity index (χ3v) is 2.21. The van der Waals surface area contributed by atoms with E-state index < -0.39 is 0 Å². The van der Waals surface area contributed by atoms with Crippen LogP contribution in [0.15, 0.2) is 18.2 Å². The fourth-order valence-corrected chi connectivity index (χ4v) is 1.22. The fourth-order valence-electron chi connectivity index (χ4n) is 1.22. The van der Waals surface area contributed by atoms with Gasteiger partial charge in [0.05, 0.1) is 6.61 Å². The van der Waals surface area contributed by atoms with E-state index in [0.717, 1.165) is 24.2 Å². The van der Waals surface area contributed by atoms with E-state index in [1.807, 2.05) is 13.0 Å². The van der Waals surface area contributed by atoms with Crippen LogP contribution in [-0.4, -0.2) is 25.6 Å². The first-order valence-corrected chi connectivity index (χ1v) is 4.60. The number of hydrogen-bond donors (Lipinski definition) is 0. The Labute approximate surface area is 82.6 Å². The average molecular weight is 192 g/mol. The molecule has 0 radical (unpaired) electrons. The summed E-state index contributed by atoms with van der Waals surface area (Å²) in [6, 6.07) is 5.44. The molecule has 0 saturated carbocycles. The van der Waals surface area contributed by atoms with Crippen molar-refractivity contribution in [2.45, 2.75) is 13.0 Å². The number of ether oxygens (including phenoxy) is 2. The van der Waals surface area contributed by atoms with Gasteiger partial charge in [-0.2, -0.15) is 0 Å². The van der Waals surface area contributed by atoms with Gasteiger partial charge in [-0.25, -0.2) is 0 Å². The van der Waals surface area contributed by atoms with Gasteiger partial charge in [-0.3, -0.25) is 4.79 Å². The highest BCUT2D eigenvalue weighted by molar-refractivity contribution is 5.77. The lowest BCUT2D eigenvalue weighted by Gasteiger charge is -2.05. The second-order valence-electron chi connectivity index (χ2n) is 3.40. The van der Waals surface area contributed by atoms with Crippen LogP contribution in [0.1, 0.15) is 15.9 Å². The smallest absolute Gasteiger partial charge is 0.150 e. The normalized spacial score (nSPS) is 19.1. The zero-order chi connectivity index (χ0) is 9.97. The number of carbonyl (C=O) groups is 1. The van der Waals surface area contributed by atoms with Crippen molar-refractivity contribution in [2.75, 3.05) is 13.2 Å². The highest BCUT2D eigenvalue weighted by Crippen LogP contribution is 2.18. The van der Waals surface area contributed by atoms with Crippen LogP contribution in [0.5, 0.6) is 5.75 Å². The second-order valence-corrected chi connectivity index (χ2v) is 3.40. The summed E-state index contributed by atoms with van der Waals surface area (Å²) in [7, 11) is 0. The molecule has 2 rings (SSSR count). The lowest BCUT2D eigenvalue weighted by Crippen LogP contribution is -2.04. The summed E-state index contributed by atoms with van der Waals surface area (Å²) in [5.41, 5.74) is 1.65. The standard InChI is InChI=1S/C11H12O3/c1-8-4-10(3-2-9(8)5-12)13-6-11-7-14-11/h2-5,11H,6-7H2,1H3.